The van der Waals surface area contributed by atoms with Gasteiger partial charge in [-0.05, 0) is 68.9 Å². The van der Waals surface area contributed by atoms with Crippen molar-refractivity contribution in [3.8, 4) is 0 Å². The highest BCUT2D eigenvalue weighted by Gasteiger charge is 2.22. The Morgan fingerprint density at radius 3 is 2.82 bits per heavy atom. The molecule has 38 heavy (non-hydrogen) atoms. The van der Waals surface area contributed by atoms with Crippen molar-refractivity contribution in [2.75, 3.05) is 0 Å². The van der Waals surface area contributed by atoms with Gasteiger partial charge in [0.2, 0.25) is 0 Å². The molecule has 0 fully saturated rings. The summed E-state index contributed by atoms with van der Waals surface area (Å²) < 4.78 is 14.1. The Hall–Kier alpha value is -3.62. The molecule has 0 spiro atoms. The van der Waals surface area contributed by atoms with Crippen LogP contribution in [0.15, 0.2) is 83.6 Å². The molecule has 8 heteroatoms. The SMILES string of the molecule is C=C/C(=C\C=C\F)n1c(CCCCC(O)O)nc2cc(C3=NOC(CC/C=C\C=C/CC)C3)ccc2c1=O. The van der Waals surface area contributed by atoms with Gasteiger partial charge in [-0.15, -0.1) is 0 Å². The quantitative estimate of drug-likeness (QED) is 0.188. The van der Waals surface area contributed by atoms with Crippen LogP contribution in [-0.4, -0.2) is 37.9 Å². The molecule has 1 aliphatic heterocycles. The monoisotopic (exact) mass is 521 g/mol. The smallest absolute Gasteiger partial charge is 0.265 e. The number of halogens is 1. The fraction of sp³-hybridized carbons (Fsp3) is 0.367. The van der Waals surface area contributed by atoms with Gasteiger partial charge in [0.25, 0.3) is 5.56 Å². The van der Waals surface area contributed by atoms with Crippen molar-refractivity contribution < 1.29 is 19.4 Å². The molecule has 2 N–H and O–H groups in total. The molecule has 1 atom stereocenters. The van der Waals surface area contributed by atoms with Gasteiger partial charge < -0.3 is 15.1 Å². The van der Waals surface area contributed by atoms with Crippen LogP contribution in [0.3, 0.4) is 0 Å². The van der Waals surface area contributed by atoms with Gasteiger partial charge in [0, 0.05) is 24.1 Å². The van der Waals surface area contributed by atoms with Crippen LogP contribution >= 0.6 is 0 Å². The number of benzene rings is 1. The Labute approximate surface area is 222 Å². The third-order valence-corrected chi connectivity index (χ3v) is 6.20. The molecule has 0 radical (unpaired) electrons. The van der Waals surface area contributed by atoms with Crippen LogP contribution in [-0.2, 0) is 11.3 Å². The van der Waals surface area contributed by atoms with Crippen LogP contribution in [0.25, 0.3) is 16.6 Å². The minimum atomic E-state index is -1.38. The molecule has 0 saturated carbocycles. The van der Waals surface area contributed by atoms with Crippen LogP contribution in [0.2, 0.25) is 0 Å². The molecule has 2 heterocycles. The highest BCUT2D eigenvalue weighted by atomic mass is 19.1. The van der Waals surface area contributed by atoms with E-state index < -0.39 is 6.29 Å². The van der Waals surface area contributed by atoms with Crippen LogP contribution in [0.5, 0.6) is 0 Å². The molecular weight excluding hydrogens is 485 g/mol. The zero-order valence-corrected chi connectivity index (χ0v) is 21.8. The number of aryl methyl sites for hydroxylation is 1. The zero-order valence-electron chi connectivity index (χ0n) is 21.8. The number of oxime groups is 1. The average molecular weight is 522 g/mol. The number of hydrogen-bond acceptors (Lipinski definition) is 6. The van der Waals surface area contributed by atoms with Gasteiger partial charge in [0.05, 0.1) is 22.9 Å². The molecule has 1 unspecified atom stereocenters. The lowest BCUT2D eigenvalue weighted by atomic mass is 10.0. The molecule has 0 bridgehead atoms. The number of aliphatic hydroxyl groups is 2. The summed E-state index contributed by atoms with van der Waals surface area (Å²) in [5.41, 5.74) is 2.30. The summed E-state index contributed by atoms with van der Waals surface area (Å²) in [6, 6.07) is 5.42. The van der Waals surface area contributed by atoms with Crippen molar-refractivity contribution in [1.82, 2.24) is 9.55 Å². The predicted octanol–water partition coefficient (Wildman–Crippen LogP) is 5.73. The van der Waals surface area contributed by atoms with Crippen molar-refractivity contribution in [2.24, 2.45) is 5.16 Å². The van der Waals surface area contributed by atoms with E-state index in [1.54, 1.807) is 6.07 Å². The lowest BCUT2D eigenvalue weighted by molar-refractivity contribution is -0.0465. The number of hydrogen-bond donors (Lipinski definition) is 2. The Morgan fingerprint density at radius 1 is 1.26 bits per heavy atom. The molecule has 2 aromatic rings. The largest absolute Gasteiger partial charge is 0.392 e. The van der Waals surface area contributed by atoms with Crippen molar-refractivity contribution >= 4 is 22.3 Å². The lowest BCUT2D eigenvalue weighted by Crippen LogP contribution is -2.24. The number of rotatable bonds is 14. The normalized spacial score (nSPS) is 16.4. The summed E-state index contributed by atoms with van der Waals surface area (Å²) >= 11 is 0. The molecule has 7 nitrogen and oxygen atoms in total. The average Bonchev–Trinajstić information content (AvgIpc) is 3.39. The van der Waals surface area contributed by atoms with E-state index in [4.69, 9.17) is 20.0 Å². The van der Waals surface area contributed by atoms with Gasteiger partial charge in [-0.1, -0.05) is 49.0 Å². The van der Waals surface area contributed by atoms with E-state index in [-0.39, 0.29) is 18.1 Å². The maximum Gasteiger partial charge on any atom is 0.265 e. The van der Waals surface area contributed by atoms with Crippen LogP contribution in [0, 0.1) is 0 Å². The van der Waals surface area contributed by atoms with Crippen molar-refractivity contribution in [3.63, 3.8) is 0 Å². The molecule has 0 saturated heterocycles. The van der Waals surface area contributed by atoms with Crippen LogP contribution < -0.4 is 5.56 Å². The molecule has 1 aliphatic rings. The fourth-order valence-corrected chi connectivity index (χ4v) is 4.25. The third-order valence-electron chi connectivity index (χ3n) is 6.20. The molecular formula is C30H36FN3O4. The summed E-state index contributed by atoms with van der Waals surface area (Å²) in [5.74, 6) is 0.483. The molecule has 1 aromatic heterocycles. The maximum atomic E-state index is 13.5. The molecule has 0 amide bonds. The Balaban J connectivity index is 1.86. The summed E-state index contributed by atoms with van der Waals surface area (Å²) in [5, 5.41) is 23.0. The second-order valence-electron chi connectivity index (χ2n) is 9.05. The van der Waals surface area contributed by atoms with Gasteiger partial charge in [0.15, 0.2) is 6.29 Å². The van der Waals surface area contributed by atoms with Gasteiger partial charge in [-0.2, -0.15) is 0 Å². The predicted molar refractivity (Wildman–Crippen MR) is 150 cm³/mol. The highest BCUT2D eigenvalue weighted by molar-refractivity contribution is 6.03. The molecule has 1 aromatic carbocycles. The molecule has 0 aliphatic carbocycles. The standard InChI is InChI=1S/C30H36FN3O4/c1-3-5-6-7-8-9-14-24-21-26(33-38-24)22-17-18-25-27(20-22)32-28(15-10-11-16-29(35)36)34(30(25)37)23(4-2)13-12-19-31/h4-8,12-13,17-20,24,29,35-36H,2-3,9-11,14-16,21H2,1H3/b6-5-,8-7-,19-12+,23-13+. The summed E-state index contributed by atoms with van der Waals surface area (Å²) in [6.07, 6.45) is 16.7. The first-order valence-electron chi connectivity index (χ1n) is 13.0. The molecule has 3 rings (SSSR count). The summed E-state index contributed by atoms with van der Waals surface area (Å²) in [7, 11) is 0. The second-order valence-corrected chi connectivity index (χ2v) is 9.05. The van der Waals surface area contributed by atoms with E-state index >= 15 is 0 Å². The second kappa shape index (κ2) is 15.0. The van der Waals surface area contributed by atoms with E-state index in [0.717, 1.165) is 30.5 Å². The van der Waals surface area contributed by atoms with Crippen molar-refractivity contribution in [2.45, 2.75) is 70.7 Å². The van der Waals surface area contributed by atoms with E-state index in [0.29, 0.717) is 54.4 Å². The Kier molecular flexibility index (Phi) is 11.4. The Bertz CT molecular complexity index is 1300. The van der Waals surface area contributed by atoms with E-state index in [1.807, 2.05) is 24.3 Å². The number of allylic oxidation sites excluding steroid dienone is 8. The van der Waals surface area contributed by atoms with Crippen molar-refractivity contribution in [1.29, 1.82) is 0 Å². The van der Waals surface area contributed by atoms with Gasteiger partial charge in [-0.25, -0.2) is 9.37 Å². The van der Waals surface area contributed by atoms with Gasteiger partial charge >= 0.3 is 0 Å². The first kappa shape index (κ1) is 28.9. The van der Waals surface area contributed by atoms with Gasteiger partial charge in [0.1, 0.15) is 11.9 Å². The minimum absolute atomic E-state index is 0.00254. The fourth-order valence-electron chi connectivity index (χ4n) is 4.25. The van der Waals surface area contributed by atoms with Crippen LogP contribution in [0.4, 0.5) is 4.39 Å². The first-order valence-corrected chi connectivity index (χ1v) is 13.0. The highest BCUT2D eigenvalue weighted by Crippen LogP contribution is 2.23. The Morgan fingerprint density at radius 2 is 2.08 bits per heavy atom. The van der Waals surface area contributed by atoms with Gasteiger partial charge in [-0.3, -0.25) is 9.36 Å². The topological polar surface area (TPSA) is 96.9 Å². The lowest BCUT2D eigenvalue weighted by Gasteiger charge is -2.15. The minimum Gasteiger partial charge on any atom is -0.392 e. The zero-order chi connectivity index (χ0) is 27.3. The third kappa shape index (κ3) is 7.94. The van der Waals surface area contributed by atoms with Crippen LogP contribution in [0.1, 0.15) is 63.3 Å². The van der Waals surface area contributed by atoms with E-state index in [1.165, 1.54) is 22.8 Å². The van der Waals surface area contributed by atoms with E-state index in [2.05, 4.69) is 30.8 Å². The summed E-state index contributed by atoms with van der Waals surface area (Å²) in [6.45, 7) is 5.87. The number of nitrogens with zero attached hydrogens (tertiary/aromatic N) is 3. The number of fused-ring (bicyclic) bond motifs is 1. The molecule has 202 valence electrons. The number of aliphatic hydroxyl groups excluding tert-OH is 1. The van der Waals surface area contributed by atoms with E-state index in [9.17, 15) is 9.18 Å². The number of aromatic nitrogens is 2. The first-order chi connectivity index (χ1) is 18.5. The maximum absolute atomic E-state index is 13.5. The number of unbranched alkanes of at least 4 members (excludes halogenated alkanes) is 1. The summed E-state index contributed by atoms with van der Waals surface area (Å²) in [4.78, 5) is 24.0. The van der Waals surface area contributed by atoms with Crippen molar-refractivity contribution in [3.05, 3.63) is 95.4 Å².